The van der Waals surface area contributed by atoms with Gasteiger partial charge in [-0.1, -0.05) is 0 Å². The fourth-order valence-corrected chi connectivity index (χ4v) is 2.04. The number of hydrogen-bond acceptors (Lipinski definition) is 4. The molecule has 0 aliphatic carbocycles. The second kappa shape index (κ2) is 4.39. The molecule has 1 N–H and O–H groups in total. The monoisotopic (exact) mass is 228 g/mol. The van der Waals surface area contributed by atoms with Crippen LogP contribution in [0.25, 0.3) is 0 Å². The van der Waals surface area contributed by atoms with Crippen LogP contribution in [0.3, 0.4) is 0 Å². The lowest BCUT2D eigenvalue weighted by molar-refractivity contribution is -0.126. The maximum absolute atomic E-state index is 11.6. The molecule has 0 spiro atoms. The summed E-state index contributed by atoms with van der Waals surface area (Å²) in [4.78, 5) is 25.5. The minimum Gasteiger partial charge on any atom is -0.391 e. The molecule has 2 rings (SSSR count). The van der Waals surface area contributed by atoms with Crippen molar-refractivity contribution >= 4 is 11.9 Å². The predicted molar refractivity (Wildman–Crippen MR) is 54.7 cm³/mol. The van der Waals surface area contributed by atoms with Crippen molar-refractivity contribution in [3.05, 3.63) is 0 Å². The van der Waals surface area contributed by atoms with E-state index in [1.165, 1.54) is 4.90 Å². The molecule has 2 heterocycles. The lowest BCUT2D eigenvalue weighted by Crippen LogP contribution is -2.40. The van der Waals surface area contributed by atoms with Crippen molar-refractivity contribution in [3.63, 3.8) is 0 Å². The number of nitrogens with zero attached hydrogens (tertiary/aromatic N) is 2. The first-order valence-corrected chi connectivity index (χ1v) is 5.41. The molecule has 2 aliphatic heterocycles. The van der Waals surface area contributed by atoms with E-state index in [1.807, 2.05) is 0 Å². The van der Waals surface area contributed by atoms with E-state index in [9.17, 15) is 14.7 Å². The number of β-amino-alcohol motifs (C(OH)–C–C–N with tert-alkyl or cyclic N) is 1. The highest BCUT2D eigenvalue weighted by atomic mass is 16.5. The third-order valence-electron chi connectivity index (χ3n) is 3.11. The van der Waals surface area contributed by atoms with Crippen LogP contribution in [0.15, 0.2) is 0 Å². The van der Waals surface area contributed by atoms with Gasteiger partial charge in [-0.3, -0.25) is 9.69 Å². The molecule has 2 fully saturated rings. The Balaban J connectivity index is 1.93. The van der Waals surface area contributed by atoms with Crippen LogP contribution in [0.1, 0.15) is 6.42 Å². The molecule has 2 atom stereocenters. The van der Waals surface area contributed by atoms with Crippen LogP contribution in [0.5, 0.6) is 0 Å². The average molecular weight is 228 g/mol. The van der Waals surface area contributed by atoms with Crippen molar-refractivity contribution in [2.24, 2.45) is 5.92 Å². The largest absolute Gasteiger partial charge is 0.391 e. The Morgan fingerprint density at radius 2 is 2.31 bits per heavy atom. The van der Waals surface area contributed by atoms with E-state index in [1.54, 1.807) is 7.05 Å². The maximum Gasteiger partial charge on any atom is 0.327 e. The van der Waals surface area contributed by atoms with Crippen molar-refractivity contribution in [1.29, 1.82) is 0 Å². The fraction of sp³-hybridized carbons (Fsp3) is 0.800. The van der Waals surface area contributed by atoms with Crippen LogP contribution in [0, 0.1) is 5.92 Å². The van der Waals surface area contributed by atoms with Crippen LogP contribution < -0.4 is 0 Å². The van der Waals surface area contributed by atoms with E-state index in [4.69, 9.17) is 4.74 Å². The van der Waals surface area contributed by atoms with Crippen molar-refractivity contribution in [2.45, 2.75) is 12.5 Å². The quantitative estimate of drug-likeness (QED) is 0.647. The zero-order chi connectivity index (χ0) is 11.7. The Labute approximate surface area is 93.8 Å². The molecule has 2 unspecified atom stereocenters. The second-order valence-electron chi connectivity index (χ2n) is 4.33. The number of imide groups is 1. The van der Waals surface area contributed by atoms with Crippen LogP contribution in [-0.2, 0) is 9.53 Å². The highest BCUT2D eigenvalue weighted by molar-refractivity contribution is 6.01. The first kappa shape index (κ1) is 11.3. The topological polar surface area (TPSA) is 70.1 Å². The second-order valence-corrected chi connectivity index (χ2v) is 4.33. The molecule has 0 saturated carbocycles. The van der Waals surface area contributed by atoms with E-state index >= 15 is 0 Å². The molecule has 0 aromatic rings. The summed E-state index contributed by atoms with van der Waals surface area (Å²) >= 11 is 0. The zero-order valence-corrected chi connectivity index (χ0v) is 9.26. The summed E-state index contributed by atoms with van der Waals surface area (Å²) in [6.45, 7) is 1.33. The fourth-order valence-electron chi connectivity index (χ4n) is 2.04. The Kier molecular flexibility index (Phi) is 3.11. The molecule has 16 heavy (non-hydrogen) atoms. The van der Waals surface area contributed by atoms with Crippen molar-refractivity contribution < 1.29 is 19.4 Å². The smallest absolute Gasteiger partial charge is 0.327 e. The summed E-state index contributed by atoms with van der Waals surface area (Å²) in [6.07, 6.45) is 0.106. The van der Waals surface area contributed by atoms with E-state index in [2.05, 4.69) is 0 Å². The van der Waals surface area contributed by atoms with Gasteiger partial charge in [-0.25, -0.2) is 4.79 Å². The van der Waals surface area contributed by atoms with Gasteiger partial charge in [-0.2, -0.15) is 0 Å². The van der Waals surface area contributed by atoms with Crippen molar-refractivity contribution in [2.75, 3.05) is 33.4 Å². The molecule has 0 aromatic heterocycles. The lowest BCUT2D eigenvalue weighted by Gasteiger charge is -2.21. The van der Waals surface area contributed by atoms with E-state index in [0.29, 0.717) is 13.2 Å². The number of carbonyl (C=O) groups excluding carboxylic acids is 2. The molecule has 90 valence electrons. The number of carbonyl (C=O) groups is 2. The SMILES string of the molecule is CN1CC(=O)N(CC(O)C2CCOC2)C1=O. The van der Waals surface area contributed by atoms with Crippen LogP contribution in [0.2, 0.25) is 0 Å². The zero-order valence-electron chi connectivity index (χ0n) is 9.26. The molecule has 3 amide bonds. The van der Waals surface area contributed by atoms with Gasteiger partial charge in [0.25, 0.3) is 0 Å². The van der Waals surface area contributed by atoms with Crippen molar-refractivity contribution in [3.8, 4) is 0 Å². The number of aliphatic hydroxyl groups excluding tert-OH is 1. The van der Waals surface area contributed by atoms with Gasteiger partial charge in [0.15, 0.2) is 0 Å². The standard InChI is InChI=1S/C10H16N2O4/c1-11-5-9(14)12(10(11)15)4-8(13)7-2-3-16-6-7/h7-8,13H,2-6H2,1H3. The highest BCUT2D eigenvalue weighted by Gasteiger charge is 2.36. The van der Waals surface area contributed by atoms with E-state index in [-0.39, 0.29) is 30.9 Å². The summed E-state index contributed by atoms with van der Waals surface area (Å²) in [5, 5.41) is 9.89. The van der Waals surface area contributed by atoms with Crippen molar-refractivity contribution in [1.82, 2.24) is 9.80 Å². The summed E-state index contributed by atoms with van der Waals surface area (Å²) in [6, 6.07) is -0.331. The first-order valence-electron chi connectivity index (χ1n) is 5.41. The van der Waals surface area contributed by atoms with E-state index < -0.39 is 6.10 Å². The summed E-state index contributed by atoms with van der Waals surface area (Å²) in [5.74, 6) is -0.211. The Bertz CT molecular complexity index is 301. The number of ether oxygens (including phenoxy) is 1. The molecular weight excluding hydrogens is 212 g/mol. The summed E-state index contributed by atoms with van der Waals surface area (Å²) < 4.78 is 5.16. The minimum atomic E-state index is -0.679. The number of rotatable bonds is 3. The number of urea groups is 1. The normalized spacial score (nSPS) is 28.0. The van der Waals surface area contributed by atoms with Gasteiger partial charge in [0, 0.05) is 19.6 Å². The Hall–Kier alpha value is -1.14. The highest BCUT2D eigenvalue weighted by Crippen LogP contribution is 2.19. The van der Waals surface area contributed by atoms with Crippen LogP contribution in [0.4, 0.5) is 4.79 Å². The predicted octanol–water partition coefficient (Wildman–Crippen LogP) is -0.722. The first-order chi connectivity index (χ1) is 7.59. The molecule has 0 radical (unpaired) electrons. The van der Waals surface area contributed by atoms with Gasteiger partial charge in [-0.05, 0) is 6.42 Å². The minimum absolute atomic E-state index is 0.0338. The molecule has 0 aromatic carbocycles. The van der Waals surface area contributed by atoms with Gasteiger partial charge in [0.05, 0.1) is 19.3 Å². The van der Waals surface area contributed by atoms with Gasteiger partial charge >= 0.3 is 6.03 Å². The summed E-state index contributed by atoms with van der Waals surface area (Å²) in [7, 11) is 1.57. The maximum atomic E-state index is 11.6. The average Bonchev–Trinajstić information content (AvgIpc) is 2.83. The lowest BCUT2D eigenvalue weighted by atomic mass is 10.0. The Morgan fingerprint density at radius 3 is 2.81 bits per heavy atom. The molecule has 6 nitrogen and oxygen atoms in total. The number of aliphatic hydroxyl groups is 1. The molecular formula is C10H16N2O4. The number of hydrogen-bond donors (Lipinski definition) is 1. The molecule has 0 bridgehead atoms. The molecule has 6 heteroatoms. The van der Waals surface area contributed by atoms with Crippen LogP contribution >= 0.6 is 0 Å². The molecule has 2 aliphatic rings. The van der Waals surface area contributed by atoms with Gasteiger partial charge < -0.3 is 14.7 Å². The number of likely N-dealkylation sites (N-methyl/N-ethyl adjacent to an activating group) is 1. The van der Waals surface area contributed by atoms with E-state index in [0.717, 1.165) is 11.3 Å². The molecule has 2 saturated heterocycles. The van der Waals surface area contributed by atoms with Gasteiger partial charge in [-0.15, -0.1) is 0 Å². The van der Waals surface area contributed by atoms with Crippen LogP contribution in [-0.4, -0.2) is 66.3 Å². The third-order valence-corrected chi connectivity index (χ3v) is 3.11. The van der Waals surface area contributed by atoms with Gasteiger partial charge in [0.1, 0.15) is 6.54 Å². The Morgan fingerprint density at radius 1 is 1.56 bits per heavy atom. The van der Waals surface area contributed by atoms with Gasteiger partial charge in [0.2, 0.25) is 5.91 Å². The third kappa shape index (κ3) is 2.03. The number of amides is 3. The summed E-state index contributed by atoms with van der Waals surface area (Å²) in [5.41, 5.74) is 0.